The molecule has 1 aliphatic carbocycles. The number of aromatic nitrogens is 1. The number of para-hydroxylation sites is 1. The molecule has 0 saturated heterocycles. The highest BCUT2D eigenvalue weighted by Crippen LogP contribution is 2.41. The quantitative estimate of drug-likeness (QED) is 0.581. The summed E-state index contributed by atoms with van der Waals surface area (Å²) in [7, 11) is 0. The van der Waals surface area contributed by atoms with Gasteiger partial charge in [-0.1, -0.05) is 61.4 Å². The van der Waals surface area contributed by atoms with E-state index in [-0.39, 0.29) is 11.8 Å². The average Bonchev–Trinajstić information content (AvgIpc) is 3.48. The Morgan fingerprint density at radius 3 is 2.53 bits per heavy atom. The van der Waals surface area contributed by atoms with E-state index in [2.05, 4.69) is 16.4 Å². The maximum atomic E-state index is 13.4. The molecule has 0 radical (unpaired) electrons. The van der Waals surface area contributed by atoms with Gasteiger partial charge in [0.2, 0.25) is 11.8 Å². The van der Waals surface area contributed by atoms with Gasteiger partial charge in [-0.25, -0.2) is 0 Å². The summed E-state index contributed by atoms with van der Waals surface area (Å²) in [5, 5.41) is 14.1. The van der Waals surface area contributed by atoms with Crippen LogP contribution >= 0.6 is 0 Å². The Morgan fingerprint density at radius 1 is 1.06 bits per heavy atom. The number of fused-ring (bicyclic) bond motifs is 3. The fourth-order valence-electron chi connectivity index (χ4n) is 5.47. The molecule has 3 aromatic rings. The summed E-state index contributed by atoms with van der Waals surface area (Å²) in [6.45, 7) is 0.619. The lowest BCUT2D eigenvalue weighted by molar-refractivity contribution is -0.139. The Kier molecular flexibility index (Phi) is 5.47. The molecule has 1 atom stereocenters. The van der Waals surface area contributed by atoms with Crippen LogP contribution < -0.4 is 5.32 Å². The summed E-state index contributed by atoms with van der Waals surface area (Å²) in [5.74, 6) is -0.386. The van der Waals surface area contributed by atoms with E-state index in [1.165, 1.54) is 10.9 Å². The molecule has 2 heterocycles. The van der Waals surface area contributed by atoms with Crippen molar-refractivity contribution in [2.24, 2.45) is 0 Å². The lowest BCUT2D eigenvalue weighted by Crippen LogP contribution is -2.55. The SMILES string of the molecule is O=C(C(CO)NC(=O)C1(c2ccccc2)CCCC1)N1CCc2c([nH]c3ccccc23)C1. The van der Waals surface area contributed by atoms with Crippen LogP contribution in [0.15, 0.2) is 54.6 Å². The van der Waals surface area contributed by atoms with Crippen LogP contribution in [0.25, 0.3) is 10.9 Å². The van der Waals surface area contributed by atoms with Crippen molar-refractivity contribution >= 4 is 22.7 Å². The fraction of sp³-hybridized carbons (Fsp3) is 0.385. The monoisotopic (exact) mass is 431 g/mol. The van der Waals surface area contributed by atoms with Crippen molar-refractivity contribution in [2.45, 2.75) is 50.1 Å². The zero-order valence-electron chi connectivity index (χ0n) is 18.1. The van der Waals surface area contributed by atoms with Crippen molar-refractivity contribution < 1.29 is 14.7 Å². The van der Waals surface area contributed by atoms with Gasteiger partial charge in [-0.15, -0.1) is 0 Å². The predicted molar refractivity (Wildman–Crippen MR) is 123 cm³/mol. The smallest absolute Gasteiger partial charge is 0.247 e. The van der Waals surface area contributed by atoms with E-state index in [4.69, 9.17) is 0 Å². The molecule has 2 aromatic carbocycles. The van der Waals surface area contributed by atoms with Crippen LogP contribution in [0, 0.1) is 0 Å². The van der Waals surface area contributed by atoms with E-state index in [1.54, 1.807) is 4.90 Å². The van der Waals surface area contributed by atoms with Gasteiger partial charge < -0.3 is 20.3 Å². The highest BCUT2D eigenvalue weighted by molar-refractivity contribution is 5.94. The molecule has 0 bridgehead atoms. The van der Waals surface area contributed by atoms with Crippen LogP contribution in [0.4, 0.5) is 0 Å². The molecule has 6 nitrogen and oxygen atoms in total. The number of benzene rings is 2. The lowest BCUT2D eigenvalue weighted by atomic mass is 9.78. The average molecular weight is 432 g/mol. The maximum absolute atomic E-state index is 13.4. The molecule has 166 valence electrons. The molecular formula is C26H29N3O3. The van der Waals surface area contributed by atoms with E-state index >= 15 is 0 Å². The topological polar surface area (TPSA) is 85.4 Å². The van der Waals surface area contributed by atoms with Crippen molar-refractivity contribution in [2.75, 3.05) is 13.2 Å². The van der Waals surface area contributed by atoms with Crippen molar-refractivity contribution in [1.82, 2.24) is 15.2 Å². The number of carbonyl (C=O) groups excluding carboxylic acids is 2. The molecule has 5 rings (SSSR count). The van der Waals surface area contributed by atoms with E-state index in [9.17, 15) is 14.7 Å². The Morgan fingerprint density at radius 2 is 1.78 bits per heavy atom. The van der Waals surface area contributed by atoms with Gasteiger partial charge in [0, 0.05) is 23.1 Å². The third-order valence-corrected chi connectivity index (χ3v) is 7.20. The lowest BCUT2D eigenvalue weighted by Gasteiger charge is -2.33. The fourth-order valence-corrected chi connectivity index (χ4v) is 5.47. The molecule has 3 N–H and O–H groups in total. The number of H-pyrrole nitrogens is 1. The zero-order chi connectivity index (χ0) is 22.1. The first kappa shape index (κ1) is 20.8. The molecule has 1 unspecified atom stereocenters. The minimum absolute atomic E-state index is 0.156. The van der Waals surface area contributed by atoms with Gasteiger partial charge in [-0.05, 0) is 36.5 Å². The molecule has 1 fully saturated rings. The zero-order valence-corrected chi connectivity index (χ0v) is 18.1. The third kappa shape index (κ3) is 3.48. The Balaban J connectivity index is 1.33. The highest BCUT2D eigenvalue weighted by atomic mass is 16.3. The molecule has 32 heavy (non-hydrogen) atoms. The summed E-state index contributed by atoms with van der Waals surface area (Å²) in [6.07, 6.45) is 4.24. The molecule has 0 spiro atoms. The number of aliphatic hydroxyl groups is 1. The number of nitrogens with zero attached hydrogens (tertiary/aromatic N) is 1. The van der Waals surface area contributed by atoms with Gasteiger partial charge in [0.15, 0.2) is 0 Å². The number of aliphatic hydroxyl groups excluding tert-OH is 1. The second-order valence-corrected chi connectivity index (χ2v) is 9.00. The van der Waals surface area contributed by atoms with Gasteiger partial charge >= 0.3 is 0 Å². The largest absolute Gasteiger partial charge is 0.394 e. The number of aromatic amines is 1. The third-order valence-electron chi connectivity index (χ3n) is 7.20. The molecule has 1 aromatic heterocycles. The highest BCUT2D eigenvalue weighted by Gasteiger charge is 2.44. The second-order valence-electron chi connectivity index (χ2n) is 9.00. The molecule has 6 heteroatoms. The number of amides is 2. The summed E-state index contributed by atoms with van der Waals surface area (Å²) in [6, 6.07) is 17.0. The van der Waals surface area contributed by atoms with E-state index < -0.39 is 18.1 Å². The van der Waals surface area contributed by atoms with Crippen molar-refractivity contribution in [3.8, 4) is 0 Å². The van der Waals surface area contributed by atoms with Crippen LogP contribution in [-0.2, 0) is 28.0 Å². The maximum Gasteiger partial charge on any atom is 0.247 e. The molecule has 1 aliphatic heterocycles. The Labute approximate surface area is 187 Å². The van der Waals surface area contributed by atoms with Gasteiger partial charge in [0.25, 0.3) is 0 Å². The summed E-state index contributed by atoms with van der Waals surface area (Å²) < 4.78 is 0. The summed E-state index contributed by atoms with van der Waals surface area (Å²) in [4.78, 5) is 31.9. The van der Waals surface area contributed by atoms with Crippen molar-refractivity contribution in [3.05, 3.63) is 71.4 Å². The van der Waals surface area contributed by atoms with Crippen LogP contribution in [0.1, 0.15) is 42.5 Å². The van der Waals surface area contributed by atoms with E-state index in [1.807, 2.05) is 48.5 Å². The Hall–Kier alpha value is -3.12. The normalized spacial score (nSPS) is 18.3. The standard InChI is InChI=1S/C26H29N3O3/c30-17-23(28-25(32)26(13-6-7-14-26)18-8-2-1-3-9-18)24(31)29-15-12-20-19-10-4-5-11-21(19)27-22(20)16-29/h1-5,8-11,23,27,30H,6-7,12-17H2,(H,28,32). The number of nitrogens with one attached hydrogen (secondary N) is 2. The molecule has 2 amide bonds. The summed E-state index contributed by atoms with van der Waals surface area (Å²) in [5.41, 5.74) is 3.72. The number of rotatable bonds is 5. The van der Waals surface area contributed by atoms with Gasteiger partial charge in [0.05, 0.1) is 18.6 Å². The van der Waals surface area contributed by atoms with Gasteiger partial charge in [0.1, 0.15) is 6.04 Å². The van der Waals surface area contributed by atoms with Crippen LogP contribution in [0.2, 0.25) is 0 Å². The summed E-state index contributed by atoms with van der Waals surface area (Å²) >= 11 is 0. The first-order chi connectivity index (χ1) is 15.6. The van der Waals surface area contributed by atoms with Crippen molar-refractivity contribution in [1.29, 1.82) is 0 Å². The van der Waals surface area contributed by atoms with E-state index in [0.29, 0.717) is 13.1 Å². The number of hydrogen-bond donors (Lipinski definition) is 3. The number of carbonyl (C=O) groups is 2. The minimum atomic E-state index is -0.936. The van der Waals surface area contributed by atoms with Crippen LogP contribution in [0.3, 0.4) is 0 Å². The number of hydrogen-bond acceptors (Lipinski definition) is 3. The first-order valence-electron chi connectivity index (χ1n) is 11.5. The first-order valence-corrected chi connectivity index (χ1v) is 11.5. The molecule has 1 saturated carbocycles. The minimum Gasteiger partial charge on any atom is -0.394 e. The second kappa shape index (κ2) is 8.43. The van der Waals surface area contributed by atoms with Crippen LogP contribution in [0.5, 0.6) is 0 Å². The Bertz CT molecular complexity index is 1130. The molecule has 2 aliphatic rings. The van der Waals surface area contributed by atoms with Crippen LogP contribution in [-0.4, -0.2) is 46.0 Å². The van der Waals surface area contributed by atoms with Crippen molar-refractivity contribution in [3.63, 3.8) is 0 Å². The van der Waals surface area contributed by atoms with Gasteiger partial charge in [-0.3, -0.25) is 9.59 Å². The van der Waals surface area contributed by atoms with Gasteiger partial charge in [-0.2, -0.15) is 0 Å². The predicted octanol–water partition coefficient (Wildman–Crippen LogP) is 3.04. The molecular weight excluding hydrogens is 402 g/mol. The van der Waals surface area contributed by atoms with E-state index in [0.717, 1.165) is 48.9 Å².